The van der Waals surface area contributed by atoms with Gasteiger partial charge in [-0.05, 0) is 30.5 Å². The monoisotopic (exact) mass is 254 g/mol. The Bertz CT molecular complexity index is 418. The molecule has 1 aliphatic rings. The third-order valence-electron chi connectivity index (χ3n) is 3.05. The molecule has 0 aliphatic carbocycles. The molecule has 17 heavy (non-hydrogen) atoms. The van der Waals surface area contributed by atoms with E-state index >= 15 is 0 Å². The van der Waals surface area contributed by atoms with E-state index in [1.54, 1.807) is 0 Å². The van der Waals surface area contributed by atoms with Gasteiger partial charge in [-0.1, -0.05) is 19.9 Å². The number of rotatable bonds is 1. The first kappa shape index (κ1) is 13.8. The Morgan fingerprint density at radius 2 is 2.12 bits per heavy atom. The van der Waals surface area contributed by atoms with Crippen LogP contribution in [0.25, 0.3) is 0 Å². The predicted octanol–water partition coefficient (Wildman–Crippen LogP) is 2.63. The zero-order chi connectivity index (χ0) is 11.7. The van der Waals surface area contributed by atoms with Crippen molar-refractivity contribution in [3.05, 3.63) is 23.8 Å². The van der Waals surface area contributed by atoms with E-state index in [-0.39, 0.29) is 24.2 Å². The summed E-state index contributed by atoms with van der Waals surface area (Å²) in [5, 5.41) is 0. The third-order valence-corrected chi connectivity index (χ3v) is 3.05. The lowest BCUT2D eigenvalue weighted by Gasteiger charge is -2.31. The van der Waals surface area contributed by atoms with Crippen molar-refractivity contribution < 1.29 is 4.79 Å². The molecular weight excluding hydrogens is 236 g/mol. The van der Waals surface area contributed by atoms with Crippen LogP contribution in [0, 0.1) is 5.92 Å². The Balaban J connectivity index is 0.00000144. The van der Waals surface area contributed by atoms with Gasteiger partial charge in [0, 0.05) is 23.8 Å². The maximum Gasteiger partial charge on any atom is 0.229 e. The maximum atomic E-state index is 12.1. The van der Waals surface area contributed by atoms with Crippen molar-refractivity contribution in [2.24, 2.45) is 5.92 Å². The van der Waals surface area contributed by atoms with Crippen LogP contribution in [-0.2, 0) is 11.2 Å². The number of fused-ring (bicyclic) bond motifs is 1. The van der Waals surface area contributed by atoms with E-state index in [2.05, 4.69) is 0 Å². The van der Waals surface area contributed by atoms with Gasteiger partial charge in [0.1, 0.15) is 0 Å². The zero-order valence-corrected chi connectivity index (χ0v) is 11.1. The Hall–Kier alpha value is -1.22. The number of nitrogens with two attached hydrogens (primary N) is 1. The van der Waals surface area contributed by atoms with E-state index < -0.39 is 0 Å². The van der Waals surface area contributed by atoms with Crippen LogP contribution < -0.4 is 10.6 Å². The van der Waals surface area contributed by atoms with Crippen molar-refractivity contribution in [1.29, 1.82) is 0 Å². The van der Waals surface area contributed by atoms with Crippen LogP contribution in [0.15, 0.2) is 18.2 Å². The SMILES string of the molecule is CC(C)C(=O)N1CCCc2c(N)cccc21.Cl. The Labute approximate surface area is 108 Å². The maximum absolute atomic E-state index is 12.1. The molecule has 0 radical (unpaired) electrons. The number of amides is 1. The molecule has 0 aromatic heterocycles. The fraction of sp³-hybridized carbons (Fsp3) is 0.462. The Kier molecular flexibility index (Phi) is 4.40. The molecule has 0 fully saturated rings. The summed E-state index contributed by atoms with van der Waals surface area (Å²) in [6, 6.07) is 5.81. The molecule has 1 amide bonds. The number of benzene rings is 1. The summed E-state index contributed by atoms with van der Waals surface area (Å²) < 4.78 is 0. The minimum absolute atomic E-state index is 0. The number of nitrogen functional groups attached to an aromatic ring is 1. The summed E-state index contributed by atoms with van der Waals surface area (Å²) in [5.74, 6) is 0.221. The third kappa shape index (κ3) is 2.55. The van der Waals surface area contributed by atoms with Gasteiger partial charge in [0.25, 0.3) is 0 Å². The fourth-order valence-electron chi connectivity index (χ4n) is 2.19. The standard InChI is InChI=1S/C13H18N2O.ClH/c1-9(2)13(16)15-8-4-5-10-11(14)6-3-7-12(10)15;/h3,6-7,9H,4-5,8,14H2,1-2H3;1H. The number of hydrogen-bond donors (Lipinski definition) is 1. The largest absolute Gasteiger partial charge is 0.398 e. The summed E-state index contributed by atoms with van der Waals surface area (Å²) in [4.78, 5) is 13.9. The summed E-state index contributed by atoms with van der Waals surface area (Å²) >= 11 is 0. The molecule has 0 spiro atoms. The molecule has 1 heterocycles. The van der Waals surface area contributed by atoms with Gasteiger partial charge in [-0.2, -0.15) is 0 Å². The van der Waals surface area contributed by atoms with Crippen LogP contribution in [0.5, 0.6) is 0 Å². The molecule has 1 aromatic rings. The van der Waals surface area contributed by atoms with Crippen molar-refractivity contribution in [2.45, 2.75) is 26.7 Å². The first-order chi connectivity index (χ1) is 7.61. The second kappa shape index (κ2) is 5.41. The van der Waals surface area contributed by atoms with Crippen LogP contribution in [0.3, 0.4) is 0 Å². The van der Waals surface area contributed by atoms with E-state index in [4.69, 9.17) is 5.73 Å². The van der Waals surface area contributed by atoms with Gasteiger partial charge >= 0.3 is 0 Å². The Morgan fingerprint density at radius 3 is 2.76 bits per heavy atom. The van der Waals surface area contributed by atoms with E-state index in [9.17, 15) is 4.79 Å². The molecule has 2 N–H and O–H groups in total. The van der Waals surface area contributed by atoms with Crippen LogP contribution in [0.4, 0.5) is 11.4 Å². The quantitative estimate of drug-likeness (QED) is 0.783. The van der Waals surface area contributed by atoms with Crippen molar-refractivity contribution in [2.75, 3.05) is 17.2 Å². The predicted molar refractivity (Wildman–Crippen MR) is 73.6 cm³/mol. The van der Waals surface area contributed by atoms with E-state index in [1.165, 1.54) is 0 Å². The van der Waals surface area contributed by atoms with Gasteiger partial charge in [0.2, 0.25) is 5.91 Å². The van der Waals surface area contributed by atoms with E-state index in [0.29, 0.717) is 0 Å². The summed E-state index contributed by atoms with van der Waals surface area (Å²) in [7, 11) is 0. The Morgan fingerprint density at radius 1 is 1.41 bits per heavy atom. The average Bonchev–Trinajstić information content (AvgIpc) is 2.28. The number of halogens is 1. The molecular formula is C13H19ClN2O. The van der Waals surface area contributed by atoms with Gasteiger partial charge in [0.05, 0.1) is 0 Å². The molecule has 0 atom stereocenters. The average molecular weight is 255 g/mol. The molecule has 0 saturated carbocycles. The van der Waals surface area contributed by atoms with Crippen molar-refractivity contribution >= 4 is 29.7 Å². The molecule has 0 saturated heterocycles. The molecule has 4 heteroatoms. The molecule has 94 valence electrons. The normalized spacial score (nSPS) is 14.2. The fourth-order valence-corrected chi connectivity index (χ4v) is 2.19. The number of carbonyl (C=O) groups is 1. The number of hydrogen-bond acceptors (Lipinski definition) is 2. The van der Waals surface area contributed by atoms with Crippen molar-refractivity contribution in [3.8, 4) is 0 Å². The second-order valence-electron chi connectivity index (χ2n) is 4.59. The first-order valence-corrected chi connectivity index (χ1v) is 5.80. The highest BCUT2D eigenvalue weighted by molar-refractivity contribution is 5.96. The highest BCUT2D eigenvalue weighted by Crippen LogP contribution is 2.31. The van der Waals surface area contributed by atoms with Gasteiger partial charge in [0.15, 0.2) is 0 Å². The summed E-state index contributed by atoms with van der Waals surface area (Å²) in [6.07, 6.45) is 1.98. The van der Waals surface area contributed by atoms with Gasteiger partial charge < -0.3 is 10.6 Å². The molecule has 1 aromatic carbocycles. The van der Waals surface area contributed by atoms with Gasteiger partial charge in [-0.3, -0.25) is 4.79 Å². The lowest BCUT2D eigenvalue weighted by Crippen LogP contribution is -2.38. The lowest BCUT2D eigenvalue weighted by atomic mass is 9.98. The van der Waals surface area contributed by atoms with Crippen molar-refractivity contribution in [3.63, 3.8) is 0 Å². The van der Waals surface area contributed by atoms with E-state index in [0.717, 1.165) is 36.3 Å². The lowest BCUT2D eigenvalue weighted by molar-refractivity contribution is -0.121. The minimum Gasteiger partial charge on any atom is -0.398 e. The number of nitrogens with zero attached hydrogens (tertiary/aromatic N) is 1. The number of carbonyl (C=O) groups excluding carboxylic acids is 1. The minimum atomic E-state index is 0. The zero-order valence-electron chi connectivity index (χ0n) is 10.3. The smallest absolute Gasteiger partial charge is 0.229 e. The topological polar surface area (TPSA) is 46.3 Å². The highest BCUT2D eigenvalue weighted by Gasteiger charge is 2.24. The van der Waals surface area contributed by atoms with Gasteiger partial charge in [-0.15, -0.1) is 12.4 Å². The first-order valence-electron chi connectivity index (χ1n) is 5.80. The van der Waals surface area contributed by atoms with Crippen LogP contribution in [0.1, 0.15) is 25.8 Å². The van der Waals surface area contributed by atoms with Crippen LogP contribution in [0.2, 0.25) is 0 Å². The van der Waals surface area contributed by atoms with E-state index in [1.807, 2.05) is 36.9 Å². The summed E-state index contributed by atoms with van der Waals surface area (Å²) in [6.45, 7) is 4.68. The highest BCUT2D eigenvalue weighted by atomic mass is 35.5. The van der Waals surface area contributed by atoms with Crippen molar-refractivity contribution in [1.82, 2.24) is 0 Å². The molecule has 1 aliphatic heterocycles. The molecule has 2 rings (SSSR count). The van der Waals surface area contributed by atoms with Crippen LogP contribution in [-0.4, -0.2) is 12.5 Å². The second-order valence-corrected chi connectivity index (χ2v) is 4.59. The molecule has 3 nitrogen and oxygen atoms in total. The molecule has 0 unspecified atom stereocenters. The summed E-state index contributed by atoms with van der Waals surface area (Å²) in [5.41, 5.74) is 8.88. The van der Waals surface area contributed by atoms with Crippen LogP contribution >= 0.6 is 12.4 Å². The van der Waals surface area contributed by atoms with Gasteiger partial charge in [-0.25, -0.2) is 0 Å². The number of anilines is 2. The molecule has 0 bridgehead atoms.